The Hall–Kier alpha value is -1.30. The molecule has 0 aromatic heterocycles. The molecule has 1 unspecified atom stereocenters. The molecule has 0 radical (unpaired) electrons. The van der Waals surface area contributed by atoms with Crippen molar-refractivity contribution < 1.29 is 19.4 Å². The zero-order valence-electron chi connectivity index (χ0n) is 8.53. The molecule has 15 heavy (non-hydrogen) atoms. The minimum absolute atomic E-state index is 0.131. The molecular weight excluding hydrogens is 202 g/mol. The topological polar surface area (TPSA) is 105 Å². The Bertz CT molecular complexity index is 290. The highest BCUT2D eigenvalue weighted by Gasteiger charge is 2.37. The van der Waals surface area contributed by atoms with Crippen LogP contribution < -0.4 is 0 Å². The second-order valence-corrected chi connectivity index (χ2v) is 3.38. The number of nitrogens with zero attached hydrogens (tertiary/aromatic N) is 3. The first-order valence-corrected chi connectivity index (χ1v) is 4.59. The van der Waals surface area contributed by atoms with Crippen molar-refractivity contribution in [1.29, 1.82) is 0 Å². The van der Waals surface area contributed by atoms with Gasteiger partial charge in [-0.05, 0) is 12.5 Å². The van der Waals surface area contributed by atoms with Crippen LogP contribution in [0.2, 0.25) is 0 Å². The third-order valence-corrected chi connectivity index (χ3v) is 2.16. The highest BCUT2D eigenvalue weighted by Crippen LogP contribution is 2.24. The molecule has 0 aliphatic carbocycles. The minimum atomic E-state index is -0.984. The molecule has 0 aromatic rings. The first kappa shape index (κ1) is 11.8. The van der Waals surface area contributed by atoms with Crippen LogP contribution in [0.5, 0.6) is 0 Å². The lowest BCUT2D eigenvalue weighted by atomic mass is 10.0. The van der Waals surface area contributed by atoms with Gasteiger partial charge in [0.05, 0.1) is 12.1 Å². The summed E-state index contributed by atoms with van der Waals surface area (Å²) in [5.41, 5.74) is 8.34. The smallest absolute Gasteiger partial charge is 0.303 e. The van der Waals surface area contributed by atoms with Crippen LogP contribution in [0, 0.1) is 0 Å². The fraction of sp³-hybridized carbons (Fsp3) is 0.875. The maximum atomic E-state index is 10.8. The second-order valence-electron chi connectivity index (χ2n) is 3.38. The number of carbonyl (C=O) groups is 1. The summed E-state index contributed by atoms with van der Waals surface area (Å²) in [4.78, 5) is 13.5. The van der Waals surface area contributed by atoms with E-state index in [2.05, 4.69) is 10.0 Å². The van der Waals surface area contributed by atoms with Gasteiger partial charge >= 0.3 is 5.97 Å². The zero-order chi connectivity index (χ0) is 11.4. The van der Waals surface area contributed by atoms with Gasteiger partial charge in [-0.3, -0.25) is 4.79 Å². The van der Waals surface area contributed by atoms with E-state index in [9.17, 15) is 9.90 Å². The van der Waals surface area contributed by atoms with Crippen molar-refractivity contribution in [3.05, 3.63) is 10.4 Å². The Morgan fingerprint density at radius 2 is 2.40 bits per heavy atom. The summed E-state index contributed by atoms with van der Waals surface area (Å²) in [6.45, 7) is 2.92. The van der Waals surface area contributed by atoms with E-state index < -0.39 is 30.5 Å². The number of hydrogen-bond acceptors (Lipinski definition) is 5. The standard InChI is InChI=1S/C8H13N3O4/c1-4-8(15-5(2)12)6(10-11-9)3-7(13)14-4/h4,6-8,13H,3H2,1-2H3/t4-,6?,7-,8-/m0/s1. The summed E-state index contributed by atoms with van der Waals surface area (Å²) in [7, 11) is 0. The van der Waals surface area contributed by atoms with Crippen molar-refractivity contribution in [2.75, 3.05) is 0 Å². The third-order valence-electron chi connectivity index (χ3n) is 2.16. The molecule has 0 amide bonds. The van der Waals surface area contributed by atoms with E-state index in [0.29, 0.717) is 0 Å². The molecule has 1 heterocycles. The monoisotopic (exact) mass is 215 g/mol. The minimum Gasteiger partial charge on any atom is -0.459 e. The van der Waals surface area contributed by atoms with Crippen LogP contribution in [-0.2, 0) is 14.3 Å². The molecular formula is C8H13N3O4. The van der Waals surface area contributed by atoms with E-state index in [0.717, 1.165) is 0 Å². The van der Waals surface area contributed by atoms with Crippen LogP contribution in [0.15, 0.2) is 5.11 Å². The highest BCUT2D eigenvalue weighted by molar-refractivity contribution is 5.66. The quantitative estimate of drug-likeness (QED) is 0.317. The van der Waals surface area contributed by atoms with Crippen LogP contribution in [0.25, 0.3) is 10.4 Å². The molecule has 1 aliphatic rings. The Morgan fingerprint density at radius 3 is 2.93 bits per heavy atom. The summed E-state index contributed by atoms with van der Waals surface area (Å²) < 4.78 is 10.0. The molecule has 1 aliphatic heterocycles. The van der Waals surface area contributed by atoms with Gasteiger partial charge in [-0.15, -0.1) is 0 Å². The van der Waals surface area contributed by atoms with Gasteiger partial charge in [-0.25, -0.2) is 0 Å². The van der Waals surface area contributed by atoms with Crippen molar-refractivity contribution in [2.24, 2.45) is 5.11 Å². The first-order chi connectivity index (χ1) is 7.04. The molecule has 7 nitrogen and oxygen atoms in total. The van der Waals surface area contributed by atoms with Gasteiger partial charge in [0.25, 0.3) is 0 Å². The van der Waals surface area contributed by atoms with Gasteiger partial charge in [0.15, 0.2) is 6.29 Å². The number of aliphatic hydroxyl groups is 1. The predicted octanol–water partition coefficient (Wildman–Crippen LogP) is 0.724. The van der Waals surface area contributed by atoms with E-state index in [1.54, 1.807) is 6.92 Å². The van der Waals surface area contributed by atoms with Crippen LogP contribution in [0.3, 0.4) is 0 Å². The average molecular weight is 215 g/mol. The Labute approximate surface area is 86.6 Å². The number of aliphatic hydroxyl groups excluding tert-OH is 1. The normalized spacial score (nSPS) is 35.4. The molecule has 1 rings (SSSR count). The van der Waals surface area contributed by atoms with Crippen LogP contribution in [-0.4, -0.2) is 35.6 Å². The van der Waals surface area contributed by atoms with Crippen molar-refractivity contribution in [2.45, 2.75) is 44.8 Å². The summed E-state index contributed by atoms with van der Waals surface area (Å²) in [5.74, 6) is -0.468. The summed E-state index contributed by atoms with van der Waals surface area (Å²) in [5, 5.41) is 12.8. The Kier molecular flexibility index (Phi) is 3.90. The van der Waals surface area contributed by atoms with Gasteiger partial charge in [-0.2, -0.15) is 0 Å². The summed E-state index contributed by atoms with van der Waals surface area (Å²) >= 11 is 0. The molecule has 0 aromatic carbocycles. The lowest BCUT2D eigenvalue weighted by molar-refractivity contribution is -0.210. The van der Waals surface area contributed by atoms with Crippen LogP contribution in [0.4, 0.5) is 0 Å². The van der Waals surface area contributed by atoms with Gasteiger partial charge in [0.1, 0.15) is 6.10 Å². The number of hydrogen-bond donors (Lipinski definition) is 1. The van der Waals surface area contributed by atoms with Crippen molar-refractivity contribution in [1.82, 2.24) is 0 Å². The summed E-state index contributed by atoms with van der Waals surface area (Å²) in [6.07, 6.45) is -1.98. The van der Waals surface area contributed by atoms with E-state index in [4.69, 9.17) is 15.0 Å². The van der Waals surface area contributed by atoms with Crippen molar-refractivity contribution >= 4 is 5.97 Å². The molecule has 84 valence electrons. The van der Waals surface area contributed by atoms with Gasteiger partial charge in [0, 0.05) is 18.3 Å². The van der Waals surface area contributed by atoms with Gasteiger partial charge < -0.3 is 14.6 Å². The highest BCUT2D eigenvalue weighted by atomic mass is 16.6. The maximum Gasteiger partial charge on any atom is 0.303 e. The van der Waals surface area contributed by atoms with E-state index in [1.165, 1.54) is 6.92 Å². The molecule has 4 atom stereocenters. The van der Waals surface area contributed by atoms with E-state index in [1.807, 2.05) is 0 Å². The average Bonchev–Trinajstić information content (AvgIpc) is 2.11. The molecule has 0 bridgehead atoms. The van der Waals surface area contributed by atoms with Crippen molar-refractivity contribution in [3.63, 3.8) is 0 Å². The van der Waals surface area contributed by atoms with Crippen LogP contribution in [0.1, 0.15) is 20.3 Å². The number of azide groups is 1. The largest absolute Gasteiger partial charge is 0.459 e. The molecule has 1 fully saturated rings. The number of ether oxygens (including phenoxy) is 2. The fourth-order valence-corrected chi connectivity index (χ4v) is 1.58. The second kappa shape index (κ2) is 4.97. The Balaban J connectivity index is 2.76. The lowest BCUT2D eigenvalue weighted by Crippen LogP contribution is -2.48. The SMILES string of the molecule is CC(=O)O[C@@H]1C(N=[N+]=[N-])C[C@@H](O)O[C@H]1C. The number of rotatable bonds is 2. The fourth-order valence-electron chi connectivity index (χ4n) is 1.58. The predicted molar refractivity (Wildman–Crippen MR) is 49.7 cm³/mol. The van der Waals surface area contributed by atoms with Crippen LogP contribution >= 0.6 is 0 Å². The zero-order valence-corrected chi connectivity index (χ0v) is 8.53. The van der Waals surface area contributed by atoms with E-state index in [-0.39, 0.29) is 6.42 Å². The van der Waals surface area contributed by atoms with Gasteiger partial charge in [0.2, 0.25) is 0 Å². The molecule has 0 spiro atoms. The van der Waals surface area contributed by atoms with E-state index >= 15 is 0 Å². The number of carbonyl (C=O) groups excluding carboxylic acids is 1. The molecule has 0 saturated carbocycles. The maximum absolute atomic E-state index is 10.8. The van der Waals surface area contributed by atoms with Gasteiger partial charge in [-0.1, -0.05) is 5.11 Å². The molecule has 1 saturated heterocycles. The first-order valence-electron chi connectivity index (χ1n) is 4.59. The number of esters is 1. The third kappa shape index (κ3) is 3.09. The Morgan fingerprint density at radius 1 is 1.73 bits per heavy atom. The summed E-state index contributed by atoms with van der Waals surface area (Å²) in [6, 6.07) is -0.586. The lowest BCUT2D eigenvalue weighted by Gasteiger charge is -2.35. The molecule has 7 heteroatoms. The van der Waals surface area contributed by atoms with Crippen molar-refractivity contribution in [3.8, 4) is 0 Å². The molecule has 1 N–H and O–H groups in total.